The summed E-state index contributed by atoms with van der Waals surface area (Å²) in [6.07, 6.45) is 9.14. The number of thiazole rings is 1. The molecule has 4 nitrogen and oxygen atoms in total. The summed E-state index contributed by atoms with van der Waals surface area (Å²) in [4.78, 5) is 17.0. The predicted octanol–water partition coefficient (Wildman–Crippen LogP) is 3.73. The minimum atomic E-state index is 0.128. The van der Waals surface area contributed by atoms with Gasteiger partial charge in [0.05, 0.1) is 10.2 Å². The van der Waals surface area contributed by atoms with E-state index in [1.807, 2.05) is 7.05 Å². The van der Waals surface area contributed by atoms with Crippen LogP contribution in [-0.4, -0.2) is 54.1 Å². The Hall–Kier alpha value is -1.17. The molecule has 1 aromatic carbocycles. The van der Waals surface area contributed by atoms with E-state index in [1.165, 1.54) is 88.1 Å². The highest BCUT2D eigenvalue weighted by molar-refractivity contribution is 7.16. The fraction of sp³-hybridized carbons (Fsp3) is 0.667. The molecule has 0 aliphatic carbocycles. The van der Waals surface area contributed by atoms with Crippen molar-refractivity contribution in [2.45, 2.75) is 44.9 Å². The molecule has 2 aromatic rings. The summed E-state index contributed by atoms with van der Waals surface area (Å²) < 4.78 is 2.85. The van der Waals surface area contributed by atoms with Crippen molar-refractivity contribution in [1.82, 2.24) is 14.4 Å². The number of aryl methyl sites for hydroxylation is 2. The number of aromatic nitrogens is 1. The largest absolute Gasteiger partial charge is 0.307 e. The number of hydrogen-bond acceptors (Lipinski definition) is 4. The Morgan fingerprint density at radius 2 is 1.85 bits per heavy atom. The Bertz CT molecular complexity index is 743. The molecule has 0 amide bonds. The van der Waals surface area contributed by atoms with Gasteiger partial charge in [0.25, 0.3) is 0 Å². The Labute approximate surface area is 161 Å². The van der Waals surface area contributed by atoms with Gasteiger partial charge in [-0.2, -0.15) is 0 Å². The first-order chi connectivity index (χ1) is 12.6. The molecule has 1 fully saturated rings. The maximum absolute atomic E-state index is 11.8. The van der Waals surface area contributed by atoms with Gasteiger partial charge >= 0.3 is 4.87 Å². The normalized spacial score (nSPS) is 16.4. The second-order valence-corrected chi connectivity index (χ2v) is 8.74. The maximum Gasteiger partial charge on any atom is 0.307 e. The van der Waals surface area contributed by atoms with Crippen LogP contribution in [0.2, 0.25) is 0 Å². The summed E-state index contributed by atoms with van der Waals surface area (Å²) in [5.41, 5.74) is 2.41. The van der Waals surface area contributed by atoms with E-state index in [0.717, 1.165) is 16.6 Å². The molecule has 0 radical (unpaired) electrons. The molecule has 0 unspecified atom stereocenters. The summed E-state index contributed by atoms with van der Waals surface area (Å²) >= 11 is 1.35. The predicted molar refractivity (Wildman–Crippen MR) is 112 cm³/mol. The number of likely N-dealkylation sites (N-methyl/N-ethyl adjacent to an activating group) is 1. The van der Waals surface area contributed by atoms with Crippen molar-refractivity contribution in [2.75, 3.05) is 39.8 Å². The molecular weight excluding hydrogens is 342 g/mol. The number of likely N-dealkylation sites (tertiary alicyclic amines) is 1. The zero-order valence-electron chi connectivity index (χ0n) is 16.4. The second-order valence-electron chi connectivity index (χ2n) is 7.75. The quantitative estimate of drug-likeness (QED) is 0.658. The molecule has 0 saturated carbocycles. The van der Waals surface area contributed by atoms with Gasteiger partial charge in [0.2, 0.25) is 0 Å². The van der Waals surface area contributed by atoms with Crippen LogP contribution in [0.5, 0.6) is 0 Å². The molecule has 1 aliphatic rings. The zero-order valence-corrected chi connectivity index (χ0v) is 17.2. The maximum atomic E-state index is 11.8. The summed E-state index contributed by atoms with van der Waals surface area (Å²) in [6.45, 7) is 6.17. The van der Waals surface area contributed by atoms with Crippen molar-refractivity contribution in [3.05, 3.63) is 33.4 Å². The number of benzene rings is 1. The molecule has 0 atom stereocenters. The van der Waals surface area contributed by atoms with E-state index >= 15 is 0 Å². The Morgan fingerprint density at radius 1 is 1.08 bits per heavy atom. The molecule has 1 aliphatic heterocycles. The van der Waals surface area contributed by atoms with Gasteiger partial charge in [-0.15, -0.1) is 0 Å². The van der Waals surface area contributed by atoms with Gasteiger partial charge in [0, 0.05) is 20.1 Å². The smallest absolute Gasteiger partial charge is 0.305 e. The standard InChI is InChI=1S/C21H33N3OS/c1-22(15-16-24-13-6-3-4-7-14-24)12-8-5-9-18-10-11-19-20(17-18)26-21(25)23(19)2/h10-11,17H,3-9,12-16H2,1-2H3. The molecule has 3 rings (SSSR count). The van der Waals surface area contributed by atoms with E-state index in [-0.39, 0.29) is 4.87 Å². The molecule has 1 aromatic heterocycles. The summed E-state index contributed by atoms with van der Waals surface area (Å²) in [5.74, 6) is 0. The number of unbranched alkanes of at least 4 members (excludes halogenated alkanes) is 1. The molecular formula is C21H33N3OS. The SMILES string of the molecule is CN(CCCCc1ccc2c(c1)sc(=O)n2C)CCN1CCCCCC1. The second kappa shape index (κ2) is 9.67. The van der Waals surface area contributed by atoms with Crippen LogP contribution in [0, 0.1) is 0 Å². The summed E-state index contributed by atoms with van der Waals surface area (Å²) in [7, 11) is 4.10. The highest BCUT2D eigenvalue weighted by Crippen LogP contribution is 2.19. The minimum absolute atomic E-state index is 0.128. The highest BCUT2D eigenvalue weighted by Gasteiger charge is 2.09. The van der Waals surface area contributed by atoms with E-state index in [1.54, 1.807) is 4.57 Å². The lowest BCUT2D eigenvalue weighted by molar-refractivity contribution is 0.229. The van der Waals surface area contributed by atoms with Gasteiger partial charge in [-0.25, -0.2) is 0 Å². The van der Waals surface area contributed by atoms with E-state index in [4.69, 9.17) is 0 Å². The first kappa shape index (κ1) is 19.6. The molecule has 2 heterocycles. The van der Waals surface area contributed by atoms with Gasteiger partial charge in [0.1, 0.15) is 0 Å². The van der Waals surface area contributed by atoms with Crippen LogP contribution in [0.25, 0.3) is 10.2 Å². The van der Waals surface area contributed by atoms with Gasteiger partial charge in [0.15, 0.2) is 0 Å². The van der Waals surface area contributed by atoms with E-state index in [9.17, 15) is 4.79 Å². The molecule has 0 N–H and O–H groups in total. The lowest BCUT2D eigenvalue weighted by Gasteiger charge is -2.24. The molecule has 144 valence electrons. The van der Waals surface area contributed by atoms with Gasteiger partial charge in [-0.05, 0) is 76.5 Å². The minimum Gasteiger partial charge on any atom is -0.305 e. The van der Waals surface area contributed by atoms with Gasteiger partial charge in [-0.1, -0.05) is 30.2 Å². The highest BCUT2D eigenvalue weighted by atomic mass is 32.1. The monoisotopic (exact) mass is 375 g/mol. The Kier molecular flexibility index (Phi) is 7.29. The first-order valence-corrected chi connectivity index (χ1v) is 10.9. The van der Waals surface area contributed by atoms with Crippen LogP contribution in [0.4, 0.5) is 0 Å². The average molecular weight is 376 g/mol. The molecule has 0 bridgehead atoms. The lowest BCUT2D eigenvalue weighted by atomic mass is 10.1. The van der Waals surface area contributed by atoms with Crippen LogP contribution in [-0.2, 0) is 13.5 Å². The van der Waals surface area contributed by atoms with Crippen LogP contribution in [0.3, 0.4) is 0 Å². The fourth-order valence-electron chi connectivity index (χ4n) is 3.83. The molecule has 1 saturated heterocycles. The van der Waals surface area contributed by atoms with E-state index in [0.29, 0.717) is 0 Å². The third kappa shape index (κ3) is 5.41. The van der Waals surface area contributed by atoms with E-state index < -0.39 is 0 Å². The number of nitrogens with zero attached hydrogens (tertiary/aromatic N) is 3. The lowest BCUT2D eigenvalue weighted by Crippen LogP contribution is -2.34. The van der Waals surface area contributed by atoms with Crippen LogP contribution >= 0.6 is 11.3 Å². The number of fused-ring (bicyclic) bond motifs is 1. The number of rotatable bonds is 8. The van der Waals surface area contributed by atoms with Crippen LogP contribution < -0.4 is 4.87 Å². The van der Waals surface area contributed by atoms with Gasteiger partial charge in [-0.3, -0.25) is 4.79 Å². The van der Waals surface area contributed by atoms with Crippen molar-refractivity contribution >= 4 is 21.6 Å². The fourth-order valence-corrected chi connectivity index (χ4v) is 4.77. The number of hydrogen-bond donors (Lipinski definition) is 0. The summed E-state index contributed by atoms with van der Waals surface area (Å²) in [6, 6.07) is 6.47. The first-order valence-electron chi connectivity index (χ1n) is 10.1. The third-order valence-corrected chi connectivity index (χ3v) is 6.60. The Balaban J connectivity index is 1.36. The summed E-state index contributed by atoms with van der Waals surface area (Å²) in [5, 5.41) is 0. The van der Waals surface area contributed by atoms with Gasteiger partial charge < -0.3 is 14.4 Å². The van der Waals surface area contributed by atoms with Crippen LogP contribution in [0.15, 0.2) is 23.0 Å². The van der Waals surface area contributed by atoms with Crippen molar-refractivity contribution in [3.8, 4) is 0 Å². The van der Waals surface area contributed by atoms with Crippen molar-refractivity contribution in [1.29, 1.82) is 0 Å². The van der Waals surface area contributed by atoms with Crippen LogP contribution in [0.1, 0.15) is 44.1 Å². The topological polar surface area (TPSA) is 28.5 Å². The van der Waals surface area contributed by atoms with E-state index in [2.05, 4.69) is 35.0 Å². The molecule has 26 heavy (non-hydrogen) atoms. The van der Waals surface area contributed by atoms with Crippen molar-refractivity contribution in [2.24, 2.45) is 7.05 Å². The third-order valence-electron chi connectivity index (χ3n) is 5.61. The van der Waals surface area contributed by atoms with Crippen molar-refractivity contribution in [3.63, 3.8) is 0 Å². The Morgan fingerprint density at radius 3 is 2.62 bits per heavy atom. The average Bonchev–Trinajstić information content (AvgIpc) is 2.82. The van der Waals surface area contributed by atoms with Crippen molar-refractivity contribution < 1.29 is 0 Å². The molecule has 5 heteroatoms. The molecule has 0 spiro atoms. The zero-order chi connectivity index (χ0) is 18.4.